The van der Waals surface area contributed by atoms with Crippen molar-refractivity contribution < 1.29 is 23.9 Å². The van der Waals surface area contributed by atoms with E-state index in [9.17, 15) is 14.4 Å². The van der Waals surface area contributed by atoms with E-state index in [1.54, 1.807) is 27.7 Å². The summed E-state index contributed by atoms with van der Waals surface area (Å²) in [7, 11) is 0. The first kappa shape index (κ1) is 20.5. The third kappa shape index (κ3) is 5.84. The van der Waals surface area contributed by atoms with Gasteiger partial charge in [-0.25, -0.2) is 4.79 Å². The van der Waals surface area contributed by atoms with Gasteiger partial charge in [-0.3, -0.25) is 14.5 Å². The van der Waals surface area contributed by atoms with Crippen LogP contribution in [0, 0.1) is 0 Å². The van der Waals surface area contributed by atoms with Crippen LogP contribution in [0.1, 0.15) is 33.3 Å². The van der Waals surface area contributed by atoms with Crippen LogP contribution in [-0.2, 0) is 25.5 Å². The summed E-state index contributed by atoms with van der Waals surface area (Å²) in [5.41, 5.74) is 0.212. The monoisotopic (exact) mass is 374 g/mol. The Hall–Kier alpha value is -2.83. The van der Waals surface area contributed by atoms with E-state index >= 15 is 0 Å². The average Bonchev–Trinajstić information content (AvgIpc) is 2.58. The highest BCUT2D eigenvalue weighted by Gasteiger charge is 2.37. The number of carbonyl (C=O) groups excluding carboxylic acids is 3. The number of amides is 2. The zero-order valence-electron chi connectivity index (χ0n) is 16.2. The second-order valence-electron chi connectivity index (χ2n) is 7.16. The van der Waals surface area contributed by atoms with Crippen LogP contribution in [0.4, 0.5) is 4.79 Å². The average molecular weight is 374 g/mol. The predicted octanol–water partition coefficient (Wildman–Crippen LogP) is 2.71. The smallest absolute Gasteiger partial charge is 0.415 e. The molecule has 1 aliphatic heterocycles. The summed E-state index contributed by atoms with van der Waals surface area (Å²) < 4.78 is 10.3. The molecule has 1 aromatic carbocycles. The van der Waals surface area contributed by atoms with Gasteiger partial charge in [0, 0.05) is 18.8 Å². The third-order valence-electron chi connectivity index (χ3n) is 3.79. The lowest BCUT2D eigenvalue weighted by molar-refractivity contribution is -0.149. The molecule has 27 heavy (non-hydrogen) atoms. The molecule has 0 bridgehead atoms. The summed E-state index contributed by atoms with van der Waals surface area (Å²) in [5.74, 6) is -0.861. The summed E-state index contributed by atoms with van der Waals surface area (Å²) in [4.78, 5) is 39.9. The molecule has 0 aromatic heterocycles. The minimum absolute atomic E-state index is 0.198. The van der Waals surface area contributed by atoms with E-state index in [1.807, 2.05) is 30.3 Å². The van der Waals surface area contributed by atoms with Crippen LogP contribution >= 0.6 is 0 Å². The van der Waals surface area contributed by atoms with E-state index in [0.717, 1.165) is 5.56 Å². The highest BCUT2D eigenvalue weighted by molar-refractivity contribution is 5.91. The maximum absolute atomic E-state index is 13.0. The number of nitrogens with zero attached hydrogens (tertiary/aromatic N) is 2. The lowest BCUT2D eigenvalue weighted by Crippen LogP contribution is -2.53. The largest absolute Gasteiger partial charge is 0.465 e. The molecule has 1 atom stereocenters. The van der Waals surface area contributed by atoms with Gasteiger partial charge < -0.3 is 14.4 Å². The van der Waals surface area contributed by atoms with Crippen molar-refractivity contribution in [3.8, 4) is 0 Å². The molecule has 0 saturated carbocycles. The maximum atomic E-state index is 13.0. The molecule has 0 saturated heterocycles. The van der Waals surface area contributed by atoms with Crippen molar-refractivity contribution in [2.75, 3.05) is 13.2 Å². The van der Waals surface area contributed by atoms with Crippen molar-refractivity contribution in [2.24, 2.45) is 0 Å². The molecule has 0 unspecified atom stereocenters. The molecule has 0 spiro atoms. The first-order valence-corrected chi connectivity index (χ1v) is 8.91. The number of hydrogen-bond donors (Lipinski definition) is 0. The van der Waals surface area contributed by atoms with Crippen molar-refractivity contribution >= 4 is 18.0 Å². The van der Waals surface area contributed by atoms with Crippen molar-refractivity contribution in [3.05, 3.63) is 48.3 Å². The van der Waals surface area contributed by atoms with E-state index in [-0.39, 0.29) is 19.1 Å². The zero-order valence-corrected chi connectivity index (χ0v) is 16.2. The van der Waals surface area contributed by atoms with Crippen molar-refractivity contribution in [1.29, 1.82) is 0 Å². The number of ether oxygens (including phenoxy) is 2. The van der Waals surface area contributed by atoms with Gasteiger partial charge in [-0.1, -0.05) is 30.3 Å². The van der Waals surface area contributed by atoms with Gasteiger partial charge in [0.15, 0.2) is 0 Å². The van der Waals surface area contributed by atoms with Gasteiger partial charge in [0.2, 0.25) is 0 Å². The molecule has 1 aliphatic rings. The van der Waals surface area contributed by atoms with Crippen LogP contribution in [-0.4, -0.2) is 52.6 Å². The Bertz CT molecular complexity index is 709. The summed E-state index contributed by atoms with van der Waals surface area (Å²) in [6.07, 6.45) is 2.58. The number of carbonyl (C=O) groups is 3. The van der Waals surface area contributed by atoms with Gasteiger partial charge in [-0.15, -0.1) is 0 Å². The van der Waals surface area contributed by atoms with Crippen LogP contribution in [0.5, 0.6) is 0 Å². The predicted molar refractivity (Wildman–Crippen MR) is 99.5 cm³/mol. The standard InChI is InChI=1S/C20H26N2O5/c1-5-26-17(23)14-21-11-12-22(19(25)27-20(2,3)4)16(18(21)24)13-15-9-7-6-8-10-15/h6-12,16H,5,13-14H2,1-4H3/t16-/m0/s1. The van der Waals surface area contributed by atoms with Crippen LogP contribution in [0.3, 0.4) is 0 Å². The quantitative estimate of drug-likeness (QED) is 0.741. The molecule has 1 heterocycles. The van der Waals surface area contributed by atoms with E-state index in [2.05, 4.69) is 0 Å². The van der Waals surface area contributed by atoms with E-state index < -0.39 is 23.7 Å². The van der Waals surface area contributed by atoms with Crippen LogP contribution in [0.25, 0.3) is 0 Å². The minimum Gasteiger partial charge on any atom is -0.465 e. The lowest BCUT2D eigenvalue weighted by Gasteiger charge is -2.36. The van der Waals surface area contributed by atoms with E-state index in [4.69, 9.17) is 9.47 Å². The Morgan fingerprint density at radius 1 is 1.11 bits per heavy atom. The molecule has 1 aromatic rings. The second kappa shape index (κ2) is 8.70. The highest BCUT2D eigenvalue weighted by atomic mass is 16.6. The number of rotatable bonds is 5. The maximum Gasteiger partial charge on any atom is 0.415 e. The number of benzene rings is 1. The molecule has 146 valence electrons. The zero-order chi connectivity index (χ0) is 20.0. The second-order valence-corrected chi connectivity index (χ2v) is 7.16. The van der Waals surface area contributed by atoms with Crippen LogP contribution < -0.4 is 0 Å². The fraction of sp³-hybridized carbons (Fsp3) is 0.450. The van der Waals surface area contributed by atoms with Crippen LogP contribution in [0.2, 0.25) is 0 Å². The Morgan fingerprint density at radius 3 is 2.37 bits per heavy atom. The summed E-state index contributed by atoms with van der Waals surface area (Å²) in [6, 6.07) is 8.58. The summed E-state index contributed by atoms with van der Waals surface area (Å²) >= 11 is 0. The normalized spacial score (nSPS) is 17.0. The fourth-order valence-corrected chi connectivity index (χ4v) is 2.64. The lowest BCUT2D eigenvalue weighted by atomic mass is 10.0. The highest BCUT2D eigenvalue weighted by Crippen LogP contribution is 2.21. The molecule has 2 rings (SSSR count). The Balaban J connectivity index is 2.25. The molecule has 2 amide bonds. The fourth-order valence-electron chi connectivity index (χ4n) is 2.64. The molecular formula is C20H26N2O5. The summed E-state index contributed by atoms with van der Waals surface area (Å²) in [5, 5.41) is 0. The Morgan fingerprint density at radius 2 is 1.78 bits per heavy atom. The Labute approximate surface area is 159 Å². The third-order valence-corrected chi connectivity index (χ3v) is 3.79. The Kier molecular flexibility index (Phi) is 6.60. The van der Waals surface area contributed by atoms with Gasteiger partial charge in [0.1, 0.15) is 18.2 Å². The van der Waals surface area contributed by atoms with Crippen LogP contribution in [0.15, 0.2) is 42.7 Å². The van der Waals surface area contributed by atoms with Crippen molar-refractivity contribution in [3.63, 3.8) is 0 Å². The molecule has 0 N–H and O–H groups in total. The molecule has 7 nitrogen and oxygen atoms in total. The number of esters is 1. The van der Waals surface area contributed by atoms with Gasteiger partial charge in [-0.2, -0.15) is 0 Å². The minimum atomic E-state index is -0.804. The van der Waals surface area contributed by atoms with E-state index in [0.29, 0.717) is 6.42 Å². The first-order valence-electron chi connectivity index (χ1n) is 8.91. The molecular weight excluding hydrogens is 348 g/mol. The van der Waals surface area contributed by atoms with Gasteiger partial charge in [-0.05, 0) is 33.3 Å². The molecule has 0 radical (unpaired) electrons. The van der Waals surface area contributed by atoms with E-state index in [1.165, 1.54) is 22.2 Å². The van der Waals surface area contributed by atoms with Gasteiger partial charge in [0.05, 0.1) is 6.61 Å². The SMILES string of the molecule is CCOC(=O)CN1C=CN(C(=O)OC(C)(C)C)[C@@H](Cc2ccccc2)C1=O. The van der Waals surface area contributed by atoms with Crippen molar-refractivity contribution in [1.82, 2.24) is 9.80 Å². The first-order chi connectivity index (χ1) is 12.7. The summed E-state index contributed by atoms with van der Waals surface area (Å²) in [6.45, 7) is 7.03. The topological polar surface area (TPSA) is 76.2 Å². The molecule has 0 fully saturated rings. The molecule has 7 heteroatoms. The van der Waals surface area contributed by atoms with Gasteiger partial charge >= 0.3 is 12.1 Å². The number of hydrogen-bond acceptors (Lipinski definition) is 5. The van der Waals surface area contributed by atoms with Crippen molar-refractivity contribution in [2.45, 2.75) is 45.8 Å². The molecule has 0 aliphatic carbocycles. The van der Waals surface area contributed by atoms with Gasteiger partial charge in [0.25, 0.3) is 5.91 Å².